The van der Waals surface area contributed by atoms with Crippen molar-refractivity contribution < 1.29 is 28.4 Å². The molecular formula is C13H17NO7. The Balaban J connectivity index is 2.85. The molecule has 0 amide bonds. The van der Waals surface area contributed by atoms with Crippen molar-refractivity contribution >= 4 is 17.8 Å². The summed E-state index contributed by atoms with van der Waals surface area (Å²) in [4.78, 5) is 32.9. The van der Waals surface area contributed by atoms with E-state index in [2.05, 4.69) is 0 Å². The zero-order valence-corrected chi connectivity index (χ0v) is 11.9. The summed E-state index contributed by atoms with van der Waals surface area (Å²) in [7, 11) is 0. The lowest BCUT2D eigenvalue weighted by molar-refractivity contribution is -0.402. The van der Waals surface area contributed by atoms with Crippen LogP contribution in [0.15, 0.2) is 16.5 Å². The zero-order chi connectivity index (χ0) is 15.8. The number of esters is 2. The maximum atomic E-state index is 11.5. The Morgan fingerprint density at radius 2 is 1.71 bits per heavy atom. The van der Waals surface area contributed by atoms with Crippen LogP contribution < -0.4 is 0 Å². The van der Waals surface area contributed by atoms with Gasteiger partial charge in [-0.15, -0.1) is 0 Å². The van der Waals surface area contributed by atoms with Crippen molar-refractivity contribution in [2.24, 2.45) is 0 Å². The van der Waals surface area contributed by atoms with Gasteiger partial charge in [0.15, 0.2) is 5.76 Å². The Morgan fingerprint density at radius 3 is 2.10 bits per heavy atom. The van der Waals surface area contributed by atoms with Gasteiger partial charge < -0.3 is 13.9 Å². The summed E-state index contributed by atoms with van der Waals surface area (Å²) in [6, 6.07) is 2.34. The summed E-state index contributed by atoms with van der Waals surface area (Å²) in [5, 5.41) is 10.6. The van der Waals surface area contributed by atoms with E-state index in [1.807, 2.05) is 0 Å². The van der Waals surface area contributed by atoms with Crippen LogP contribution in [0.25, 0.3) is 0 Å². The number of carbonyl (C=O) groups excluding carboxylic acids is 2. The Labute approximate surface area is 121 Å². The first-order chi connectivity index (χ1) is 9.97. The molecule has 0 aliphatic rings. The number of hydrogen-bond donors (Lipinski definition) is 0. The Hall–Kier alpha value is -2.38. The molecule has 1 aromatic rings. The van der Waals surface area contributed by atoms with E-state index in [4.69, 9.17) is 13.9 Å². The van der Waals surface area contributed by atoms with Crippen LogP contribution in [0.3, 0.4) is 0 Å². The number of nitrogens with zero attached hydrogens (tertiary/aromatic N) is 1. The number of furan rings is 1. The largest absolute Gasteiger partial charge is 0.433 e. The van der Waals surface area contributed by atoms with Gasteiger partial charge in [0, 0.05) is 12.8 Å². The van der Waals surface area contributed by atoms with Gasteiger partial charge in [0.25, 0.3) is 0 Å². The summed E-state index contributed by atoms with van der Waals surface area (Å²) in [6.45, 7) is 3.58. The zero-order valence-electron chi connectivity index (χ0n) is 11.9. The van der Waals surface area contributed by atoms with Crippen LogP contribution >= 0.6 is 0 Å². The third-order valence-corrected chi connectivity index (χ3v) is 2.41. The first kappa shape index (κ1) is 16.7. The number of ether oxygens (including phenoxy) is 2. The molecule has 0 aromatic carbocycles. The quantitative estimate of drug-likeness (QED) is 0.314. The highest BCUT2D eigenvalue weighted by Crippen LogP contribution is 2.26. The SMILES string of the molecule is CCCC(=O)OC(OC(=O)CCC)c1ccc([N+](=O)[O-])o1. The maximum absolute atomic E-state index is 11.5. The van der Waals surface area contributed by atoms with Crippen molar-refractivity contribution in [3.63, 3.8) is 0 Å². The molecule has 0 radical (unpaired) electrons. The van der Waals surface area contributed by atoms with Crippen LogP contribution in [-0.4, -0.2) is 16.9 Å². The van der Waals surface area contributed by atoms with Gasteiger partial charge in [-0.3, -0.25) is 19.7 Å². The third-order valence-electron chi connectivity index (χ3n) is 2.41. The molecule has 1 aromatic heterocycles. The summed E-state index contributed by atoms with van der Waals surface area (Å²) in [5.41, 5.74) is 0. The number of rotatable bonds is 8. The van der Waals surface area contributed by atoms with E-state index < -0.39 is 29.0 Å². The summed E-state index contributed by atoms with van der Waals surface area (Å²) in [5.74, 6) is -1.78. The van der Waals surface area contributed by atoms with Gasteiger partial charge in [0.05, 0.1) is 6.07 Å². The van der Waals surface area contributed by atoms with E-state index >= 15 is 0 Å². The van der Waals surface area contributed by atoms with Gasteiger partial charge in [0.1, 0.15) is 4.92 Å². The summed E-state index contributed by atoms with van der Waals surface area (Å²) >= 11 is 0. The molecule has 8 heteroatoms. The first-order valence-corrected chi connectivity index (χ1v) is 6.61. The molecule has 0 unspecified atom stereocenters. The molecule has 0 saturated heterocycles. The average molecular weight is 299 g/mol. The number of carbonyl (C=O) groups is 2. The molecule has 0 aliphatic carbocycles. The van der Waals surface area contributed by atoms with Gasteiger partial charge in [-0.2, -0.15) is 0 Å². The molecule has 0 atom stereocenters. The van der Waals surface area contributed by atoms with Gasteiger partial charge in [0.2, 0.25) is 0 Å². The molecule has 0 aliphatic heterocycles. The number of nitro groups is 1. The minimum absolute atomic E-state index is 0.101. The fourth-order valence-corrected chi connectivity index (χ4v) is 1.47. The van der Waals surface area contributed by atoms with E-state index in [1.165, 1.54) is 6.07 Å². The first-order valence-electron chi connectivity index (χ1n) is 6.61. The summed E-state index contributed by atoms with van der Waals surface area (Å²) in [6.07, 6.45) is 0.00575. The molecule has 0 saturated carbocycles. The second kappa shape index (κ2) is 8.03. The van der Waals surface area contributed by atoms with Gasteiger partial charge in [-0.1, -0.05) is 13.8 Å². The highest BCUT2D eigenvalue weighted by atomic mass is 16.7. The topological polar surface area (TPSA) is 109 Å². The molecule has 21 heavy (non-hydrogen) atoms. The monoisotopic (exact) mass is 299 g/mol. The van der Waals surface area contributed by atoms with Gasteiger partial charge in [-0.05, 0) is 18.9 Å². The predicted molar refractivity (Wildman–Crippen MR) is 70.1 cm³/mol. The molecule has 0 spiro atoms. The van der Waals surface area contributed by atoms with Crippen LogP contribution in [0.4, 0.5) is 5.88 Å². The molecule has 0 fully saturated rings. The molecule has 8 nitrogen and oxygen atoms in total. The van der Waals surface area contributed by atoms with Crippen molar-refractivity contribution in [1.82, 2.24) is 0 Å². The standard InChI is InChI=1S/C13H17NO7/c1-3-5-11(15)20-13(21-12(16)6-4-2)9-7-8-10(19-9)14(17)18/h7-8,13H,3-6H2,1-2H3. The molecule has 1 heterocycles. The van der Waals surface area contributed by atoms with Crippen LogP contribution in [0, 0.1) is 10.1 Å². The van der Waals surface area contributed by atoms with Crippen LogP contribution in [-0.2, 0) is 19.1 Å². The lowest BCUT2D eigenvalue weighted by atomic mass is 10.3. The van der Waals surface area contributed by atoms with E-state index in [0.717, 1.165) is 6.07 Å². The van der Waals surface area contributed by atoms with E-state index in [-0.39, 0.29) is 18.6 Å². The molecule has 1 rings (SSSR count). The second-order valence-corrected chi connectivity index (χ2v) is 4.24. The van der Waals surface area contributed by atoms with E-state index in [1.54, 1.807) is 13.8 Å². The smallest absolute Gasteiger partial charge is 0.417 e. The molecule has 0 bridgehead atoms. The van der Waals surface area contributed by atoms with Gasteiger partial charge >= 0.3 is 24.1 Å². The van der Waals surface area contributed by atoms with Crippen LogP contribution in [0.5, 0.6) is 0 Å². The van der Waals surface area contributed by atoms with Crippen molar-refractivity contribution in [1.29, 1.82) is 0 Å². The van der Waals surface area contributed by atoms with Crippen LogP contribution in [0.1, 0.15) is 51.6 Å². The molecule has 116 valence electrons. The second-order valence-electron chi connectivity index (χ2n) is 4.24. The minimum atomic E-state index is -1.41. The normalized spacial score (nSPS) is 10.4. The van der Waals surface area contributed by atoms with Gasteiger partial charge in [-0.25, -0.2) is 0 Å². The minimum Gasteiger partial charge on any atom is -0.417 e. The maximum Gasteiger partial charge on any atom is 0.433 e. The summed E-state index contributed by atoms with van der Waals surface area (Å²) < 4.78 is 14.9. The number of hydrogen-bond acceptors (Lipinski definition) is 7. The molecular weight excluding hydrogens is 282 g/mol. The average Bonchev–Trinajstić information content (AvgIpc) is 2.88. The Bertz CT molecular complexity index is 488. The predicted octanol–water partition coefficient (Wildman–Crippen LogP) is 2.87. The lowest BCUT2D eigenvalue weighted by Crippen LogP contribution is -2.17. The van der Waals surface area contributed by atoms with E-state index in [0.29, 0.717) is 12.8 Å². The van der Waals surface area contributed by atoms with Crippen molar-refractivity contribution in [3.8, 4) is 0 Å². The fraction of sp³-hybridized carbons (Fsp3) is 0.538. The Morgan fingerprint density at radius 1 is 1.19 bits per heavy atom. The van der Waals surface area contributed by atoms with Crippen molar-refractivity contribution in [3.05, 3.63) is 28.0 Å². The fourth-order valence-electron chi connectivity index (χ4n) is 1.47. The highest BCUT2D eigenvalue weighted by Gasteiger charge is 2.26. The highest BCUT2D eigenvalue weighted by molar-refractivity contribution is 5.71. The molecule has 0 N–H and O–H groups in total. The van der Waals surface area contributed by atoms with Crippen molar-refractivity contribution in [2.45, 2.75) is 45.8 Å². The lowest BCUT2D eigenvalue weighted by Gasteiger charge is -2.15. The third kappa shape index (κ3) is 5.25. The van der Waals surface area contributed by atoms with E-state index in [9.17, 15) is 19.7 Å². The van der Waals surface area contributed by atoms with Crippen LogP contribution in [0.2, 0.25) is 0 Å². The van der Waals surface area contributed by atoms with Crippen molar-refractivity contribution in [2.75, 3.05) is 0 Å². The Kier molecular flexibility index (Phi) is 6.38.